The Morgan fingerprint density at radius 2 is 2.27 bits per heavy atom. The number of amides is 1. The van der Waals surface area contributed by atoms with Crippen molar-refractivity contribution in [3.8, 4) is 11.4 Å². The highest BCUT2D eigenvalue weighted by molar-refractivity contribution is 5.76. The molecule has 2 aliphatic rings. The van der Waals surface area contributed by atoms with Gasteiger partial charge in [0.2, 0.25) is 5.91 Å². The van der Waals surface area contributed by atoms with Gasteiger partial charge in [0.15, 0.2) is 6.39 Å². The molecule has 3 aromatic heterocycles. The molecule has 1 saturated carbocycles. The quantitative estimate of drug-likeness (QED) is 0.657. The third-order valence-electron chi connectivity index (χ3n) is 4.98. The lowest BCUT2D eigenvalue weighted by Crippen LogP contribution is -2.38. The van der Waals surface area contributed by atoms with Gasteiger partial charge in [0.25, 0.3) is 0 Å². The maximum Gasteiger partial charge on any atom is 0.244 e. The Labute approximate surface area is 148 Å². The molecule has 1 aliphatic carbocycles. The van der Waals surface area contributed by atoms with Crippen molar-refractivity contribution in [3.63, 3.8) is 0 Å². The van der Waals surface area contributed by atoms with Crippen LogP contribution in [0.1, 0.15) is 24.1 Å². The lowest BCUT2D eigenvalue weighted by molar-refractivity contribution is -0.133. The summed E-state index contributed by atoms with van der Waals surface area (Å²) in [6, 6.07) is 0. The zero-order valence-corrected chi connectivity index (χ0v) is 14.2. The predicted molar refractivity (Wildman–Crippen MR) is 87.4 cm³/mol. The maximum atomic E-state index is 12.6. The highest BCUT2D eigenvalue weighted by Gasteiger charge is 2.31. The standard InChI is InChI=1S/C16H18N8O2/c25-15(7-23-9-18-20-21-23)22-4-3-14-12(6-22)16(13-8-26-10-17-13)19-24(14)5-11-1-2-11/h8-11H,1-7H2. The Hall–Kier alpha value is -3.04. The third-order valence-corrected chi connectivity index (χ3v) is 4.98. The van der Waals surface area contributed by atoms with Gasteiger partial charge in [-0.25, -0.2) is 9.67 Å². The Balaban J connectivity index is 1.43. The van der Waals surface area contributed by atoms with Crippen LogP contribution in [-0.4, -0.2) is 52.3 Å². The van der Waals surface area contributed by atoms with Crippen LogP contribution in [0.2, 0.25) is 0 Å². The van der Waals surface area contributed by atoms with Crippen molar-refractivity contribution in [1.82, 2.24) is 39.9 Å². The number of fused-ring (bicyclic) bond motifs is 1. The molecule has 1 aliphatic heterocycles. The van der Waals surface area contributed by atoms with Gasteiger partial charge in [-0.15, -0.1) is 5.10 Å². The minimum Gasteiger partial charge on any atom is -0.451 e. The zero-order chi connectivity index (χ0) is 17.5. The molecule has 0 N–H and O–H groups in total. The second-order valence-corrected chi connectivity index (χ2v) is 6.85. The predicted octanol–water partition coefficient (Wildman–Crippen LogP) is 0.519. The monoisotopic (exact) mass is 354 g/mol. The molecule has 0 saturated heterocycles. The topological polar surface area (TPSA) is 108 Å². The van der Waals surface area contributed by atoms with Crippen LogP contribution in [-0.2, 0) is 30.8 Å². The molecule has 0 atom stereocenters. The second kappa shape index (κ2) is 6.04. The van der Waals surface area contributed by atoms with Gasteiger partial charge in [0.1, 0.15) is 30.5 Å². The number of hydrogen-bond donors (Lipinski definition) is 0. The van der Waals surface area contributed by atoms with Crippen molar-refractivity contribution in [2.45, 2.75) is 38.9 Å². The summed E-state index contributed by atoms with van der Waals surface area (Å²) in [6.45, 7) is 2.27. The molecule has 1 fully saturated rings. The number of aromatic nitrogens is 7. The number of rotatable bonds is 5. The van der Waals surface area contributed by atoms with E-state index in [1.54, 1.807) is 6.26 Å². The van der Waals surface area contributed by atoms with E-state index in [0.717, 1.165) is 30.1 Å². The van der Waals surface area contributed by atoms with E-state index in [1.165, 1.54) is 35.9 Å². The first-order chi connectivity index (χ1) is 12.8. The molecule has 1 amide bonds. The summed E-state index contributed by atoms with van der Waals surface area (Å²) < 4.78 is 8.69. The van der Waals surface area contributed by atoms with E-state index in [1.807, 2.05) is 4.90 Å². The lowest BCUT2D eigenvalue weighted by Gasteiger charge is -2.27. The molecule has 134 valence electrons. The van der Waals surface area contributed by atoms with Crippen LogP contribution in [0.15, 0.2) is 23.4 Å². The first kappa shape index (κ1) is 15.2. The zero-order valence-electron chi connectivity index (χ0n) is 14.2. The van der Waals surface area contributed by atoms with E-state index < -0.39 is 0 Å². The van der Waals surface area contributed by atoms with E-state index in [2.05, 4.69) is 25.2 Å². The molecule has 0 radical (unpaired) electrons. The van der Waals surface area contributed by atoms with Gasteiger partial charge in [-0.3, -0.25) is 9.48 Å². The molecular weight excluding hydrogens is 336 g/mol. The van der Waals surface area contributed by atoms with Crippen molar-refractivity contribution < 1.29 is 9.21 Å². The van der Waals surface area contributed by atoms with Gasteiger partial charge in [-0.2, -0.15) is 5.10 Å². The van der Waals surface area contributed by atoms with Crippen molar-refractivity contribution in [3.05, 3.63) is 30.2 Å². The molecule has 0 spiro atoms. The molecule has 10 nitrogen and oxygen atoms in total. The molecule has 26 heavy (non-hydrogen) atoms. The fourth-order valence-corrected chi connectivity index (χ4v) is 3.43. The Bertz CT molecular complexity index is 911. The third kappa shape index (κ3) is 2.76. The van der Waals surface area contributed by atoms with Crippen LogP contribution < -0.4 is 0 Å². The van der Waals surface area contributed by atoms with Crippen LogP contribution in [0.3, 0.4) is 0 Å². The summed E-state index contributed by atoms with van der Waals surface area (Å²) in [4.78, 5) is 18.7. The van der Waals surface area contributed by atoms with Crippen molar-refractivity contribution in [2.75, 3.05) is 6.54 Å². The number of tetrazole rings is 1. The maximum absolute atomic E-state index is 12.6. The fourth-order valence-electron chi connectivity index (χ4n) is 3.43. The SMILES string of the molecule is O=C(Cn1cnnn1)N1CCc2c(c(-c3cocn3)nn2CC2CC2)C1. The molecule has 5 rings (SSSR count). The lowest BCUT2D eigenvalue weighted by atomic mass is 10.0. The van der Waals surface area contributed by atoms with Gasteiger partial charge < -0.3 is 9.32 Å². The minimum atomic E-state index is -0.0102. The Kier molecular flexibility index (Phi) is 3.54. The number of oxazole rings is 1. The normalized spacial score (nSPS) is 16.7. The summed E-state index contributed by atoms with van der Waals surface area (Å²) in [7, 11) is 0. The molecular formula is C16H18N8O2. The van der Waals surface area contributed by atoms with Gasteiger partial charge in [-0.05, 0) is 29.2 Å². The molecule has 0 unspecified atom stereocenters. The Morgan fingerprint density at radius 1 is 1.35 bits per heavy atom. The first-order valence-electron chi connectivity index (χ1n) is 8.73. The number of carbonyl (C=O) groups excluding carboxylic acids is 1. The summed E-state index contributed by atoms with van der Waals surface area (Å²) in [5.74, 6) is 0.715. The number of hydrogen-bond acceptors (Lipinski definition) is 7. The largest absolute Gasteiger partial charge is 0.451 e. The van der Waals surface area contributed by atoms with Crippen LogP contribution in [0.5, 0.6) is 0 Å². The Morgan fingerprint density at radius 3 is 3.00 bits per heavy atom. The van der Waals surface area contributed by atoms with Gasteiger partial charge in [0, 0.05) is 37.3 Å². The van der Waals surface area contributed by atoms with Crippen LogP contribution in [0, 0.1) is 5.92 Å². The first-order valence-corrected chi connectivity index (χ1v) is 8.73. The van der Waals surface area contributed by atoms with Crippen LogP contribution in [0.4, 0.5) is 0 Å². The minimum absolute atomic E-state index is 0.0102. The molecule has 0 bridgehead atoms. The average molecular weight is 354 g/mol. The van der Waals surface area contributed by atoms with Gasteiger partial charge >= 0.3 is 0 Å². The van der Waals surface area contributed by atoms with Gasteiger partial charge in [0.05, 0.1) is 0 Å². The highest BCUT2D eigenvalue weighted by atomic mass is 16.3. The van der Waals surface area contributed by atoms with E-state index in [-0.39, 0.29) is 12.5 Å². The summed E-state index contributed by atoms with van der Waals surface area (Å²) in [5.41, 5.74) is 3.80. The van der Waals surface area contributed by atoms with E-state index in [9.17, 15) is 4.79 Å². The smallest absolute Gasteiger partial charge is 0.244 e. The molecule has 4 heterocycles. The molecule has 10 heteroatoms. The van der Waals surface area contributed by atoms with Crippen molar-refractivity contribution in [1.29, 1.82) is 0 Å². The van der Waals surface area contributed by atoms with E-state index in [0.29, 0.717) is 18.8 Å². The van der Waals surface area contributed by atoms with Crippen LogP contribution >= 0.6 is 0 Å². The number of nitrogens with zero attached hydrogens (tertiary/aromatic N) is 8. The van der Waals surface area contributed by atoms with E-state index in [4.69, 9.17) is 9.52 Å². The highest BCUT2D eigenvalue weighted by Crippen LogP contribution is 2.34. The molecule has 0 aromatic carbocycles. The van der Waals surface area contributed by atoms with Gasteiger partial charge in [-0.1, -0.05) is 0 Å². The van der Waals surface area contributed by atoms with E-state index >= 15 is 0 Å². The van der Waals surface area contributed by atoms with Crippen molar-refractivity contribution >= 4 is 5.91 Å². The summed E-state index contributed by atoms with van der Waals surface area (Å²) in [6.07, 6.45) is 7.78. The van der Waals surface area contributed by atoms with Crippen molar-refractivity contribution in [2.24, 2.45) is 5.92 Å². The summed E-state index contributed by atoms with van der Waals surface area (Å²) >= 11 is 0. The van der Waals surface area contributed by atoms with Crippen LogP contribution in [0.25, 0.3) is 11.4 Å². The summed E-state index contributed by atoms with van der Waals surface area (Å²) in [5, 5.41) is 15.7. The fraction of sp³-hybridized carbons (Fsp3) is 0.500. The average Bonchev–Trinajstić information content (AvgIpc) is 3.08. The number of carbonyl (C=O) groups is 1. The molecule has 3 aromatic rings. The second-order valence-electron chi connectivity index (χ2n) is 6.85.